The van der Waals surface area contributed by atoms with E-state index in [0.717, 1.165) is 11.8 Å². The van der Waals surface area contributed by atoms with Gasteiger partial charge in [-0.25, -0.2) is 4.68 Å². The Hall–Kier alpha value is -3.73. The van der Waals surface area contributed by atoms with E-state index in [4.69, 9.17) is 15.3 Å². The fraction of sp³-hybridized carbons (Fsp3) is 0.200. The smallest absolute Gasteiger partial charge is 0.251 e. The predicted molar refractivity (Wildman–Crippen MR) is 118 cm³/mol. The van der Waals surface area contributed by atoms with Gasteiger partial charge in [-0.3, -0.25) is 9.59 Å². The summed E-state index contributed by atoms with van der Waals surface area (Å²) in [7, 11) is 4.64. The molecule has 0 saturated carbocycles. The van der Waals surface area contributed by atoms with E-state index in [1.165, 1.54) is 11.8 Å². The molecule has 3 aromatic rings. The van der Waals surface area contributed by atoms with Gasteiger partial charge in [-0.05, 0) is 30.3 Å². The summed E-state index contributed by atoms with van der Waals surface area (Å²) < 4.78 is 11.9. The van der Waals surface area contributed by atoms with E-state index in [1.807, 2.05) is 0 Å². The Labute approximate surface area is 183 Å². The van der Waals surface area contributed by atoms with Crippen molar-refractivity contribution in [3.63, 3.8) is 0 Å². The number of aromatic nitrogens is 3. The summed E-state index contributed by atoms with van der Waals surface area (Å²) in [6, 6.07) is 11.9. The van der Waals surface area contributed by atoms with Crippen LogP contribution >= 0.6 is 11.8 Å². The molecule has 0 aliphatic rings. The Morgan fingerprint density at radius 2 is 1.94 bits per heavy atom. The second-order valence-corrected chi connectivity index (χ2v) is 7.18. The number of nitrogens with zero attached hydrogens (tertiary/aromatic N) is 3. The molecule has 2 aromatic carbocycles. The van der Waals surface area contributed by atoms with Crippen LogP contribution in [0.5, 0.6) is 11.5 Å². The predicted octanol–water partition coefficient (Wildman–Crippen LogP) is 1.77. The van der Waals surface area contributed by atoms with Gasteiger partial charge in [0, 0.05) is 24.4 Å². The molecule has 1 aromatic heterocycles. The summed E-state index contributed by atoms with van der Waals surface area (Å²) in [5, 5.41) is 13.8. The van der Waals surface area contributed by atoms with Gasteiger partial charge < -0.3 is 25.9 Å². The van der Waals surface area contributed by atoms with Crippen molar-refractivity contribution < 1.29 is 19.1 Å². The molecule has 1 heterocycles. The Balaban J connectivity index is 1.68. The number of methoxy groups -OCH3 is 2. The van der Waals surface area contributed by atoms with Crippen molar-refractivity contribution in [2.75, 3.05) is 38.2 Å². The number of hydrogen-bond acceptors (Lipinski definition) is 8. The minimum Gasteiger partial charge on any atom is -0.497 e. The summed E-state index contributed by atoms with van der Waals surface area (Å²) >= 11 is 1.13. The lowest BCUT2D eigenvalue weighted by atomic mass is 10.2. The lowest BCUT2D eigenvalue weighted by Gasteiger charge is -2.10. The Bertz CT molecular complexity index is 1100. The summed E-state index contributed by atoms with van der Waals surface area (Å²) in [6.07, 6.45) is 0. The number of carbonyl (C=O) groups excluding carboxylic acids is 2. The number of amides is 2. The van der Waals surface area contributed by atoms with Crippen molar-refractivity contribution in [2.45, 2.75) is 5.16 Å². The first-order chi connectivity index (χ1) is 15.0. The molecule has 0 aliphatic heterocycles. The zero-order valence-electron chi connectivity index (χ0n) is 17.2. The molecule has 0 fully saturated rings. The van der Waals surface area contributed by atoms with Crippen molar-refractivity contribution in [1.82, 2.24) is 20.2 Å². The van der Waals surface area contributed by atoms with E-state index >= 15 is 0 Å². The first-order valence-electron chi connectivity index (χ1n) is 9.14. The first-order valence-corrected chi connectivity index (χ1v) is 10.1. The number of nitrogens with one attached hydrogen (secondary N) is 2. The van der Waals surface area contributed by atoms with Crippen molar-refractivity contribution in [1.29, 1.82) is 0 Å². The van der Waals surface area contributed by atoms with E-state index in [9.17, 15) is 9.59 Å². The monoisotopic (exact) mass is 442 g/mol. The molecule has 0 saturated heterocycles. The Kier molecular flexibility index (Phi) is 6.98. The molecule has 3 rings (SSSR count). The van der Waals surface area contributed by atoms with Crippen LogP contribution in [0.15, 0.2) is 47.6 Å². The maximum atomic E-state index is 12.3. The van der Waals surface area contributed by atoms with E-state index in [1.54, 1.807) is 56.6 Å². The van der Waals surface area contributed by atoms with Gasteiger partial charge in [0.05, 0.1) is 25.5 Å². The fourth-order valence-electron chi connectivity index (χ4n) is 2.75. The van der Waals surface area contributed by atoms with Gasteiger partial charge in [-0.2, -0.15) is 0 Å². The number of ether oxygens (including phenoxy) is 2. The van der Waals surface area contributed by atoms with Gasteiger partial charge in [-0.15, -0.1) is 10.2 Å². The molecule has 10 nitrogen and oxygen atoms in total. The molecular formula is C20H22N6O4S. The summed E-state index contributed by atoms with van der Waals surface area (Å²) in [5.74, 6) is 7.25. The van der Waals surface area contributed by atoms with Crippen LogP contribution in [0.1, 0.15) is 10.4 Å². The Morgan fingerprint density at radius 3 is 2.65 bits per heavy atom. The average molecular weight is 443 g/mol. The van der Waals surface area contributed by atoms with Crippen LogP contribution in [-0.2, 0) is 4.79 Å². The van der Waals surface area contributed by atoms with Gasteiger partial charge >= 0.3 is 0 Å². The largest absolute Gasteiger partial charge is 0.497 e. The van der Waals surface area contributed by atoms with E-state index in [0.29, 0.717) is 39.3 Å². The second-order valence-electron chi connectivity index (χ2n) is 6.24. The summed E-state index contributed by atoms with van der Waals surface area (Å²) in [5.41, 5.74) is 1.61. The molecule has 0 atom stereocenters. The maximum absolute atomic E-state index is 12.3. The van der Waals surface area contributed by atoms with Gasteiger partial charge in [0.1, 0.15) is 11.5 Å². The maximum Gasteiger partial charge on any atom is 0.251 e. The molecule has 4 N–H and O–H groups in total. The highest BCUT2D eigenvalue weighted by molar-refractivity contribution is 7.99. The van der Waals surface area contributed by atoms with E-state index < -0.39 is 0 Å². The number of nitrogens with two attached hydrogens (primary N) is 1. The number of rotatable bonds is 8. The van der Waals surface area contributed by atoms with Crippen LogP contribution in [-0.4, -0.2) is 53.7 Å². The van der Waals surface area contributed by atoms with Crippen LogP contribution in [0.2, 0.25) is 0 Å². The van der Waals surface area contributed by atoms with Gasteiger partial charge in [0.25, 0.3) is 5.91 Å². The second kappa shape index (κ2) is 9.85. The van der Waals surface area contributed by atoms with Gasteiger partial charge in [0.15, 0.2) is 5.82 Å². The quantitative estimate of drug-likeness (QED) is 0.355. The molecule has 162 valence electrons. The lowest BCUT2D eigenvalue weighted by molar-refractivity contribution is -0.113. The topological polar surface area (TPSA) is 133 Å². The highest BCUT2D eigenvalue weighted by Crippen LogP contribution is 2.32. The van der Waals surface area contributed by atoms with Crippen molar-refractivity contribution in [3.8, 4) is 22.9 Å². The van der Waals surface area contributed by atoms with E-state index in [-0.39, 0.29) is 17.6 Å². The molecule has 2 amide bonds. The van der Waals surface area contributed by atoms with Crippen LogP contribution < -0.4 is 25.9 Å². The average Bonchev–Trinajstić information content (AvgIpc) is 3.16. The fourth-order valence-corrected chi connectivity index (χ4v) is 3.41. The number of hydrogen-bond donors (Lipinski definition) is 3. The Morgan fingerprint density at radius 1 is 1.13 bits per heavy atom. The van der Waals surface area contributed by atoms with Crippen molar-refractivity contribution in [3.05, 3.63) is 48.0 Å². The minimum atomic E-state index is -0.273. The summed E-state index contributed by atoms with van der Waals surface area (Å²) in [4.78, 5) is 24.1. The molecule has 0 bridgehead atoms. The SMILES string of the molecule is CNC(=O)c1cccc(NC(=O)CSc2nnc(-c3ccc(OC)cc3OC)n2N)c1. The molecule has 0 aliphatic carbocycles. The van der Waals surface area contributed by atoms with E-state index in [2.05, 4.69) is 20.8 Å². The van der Waals surface area contributed by atoms with Crippen LogP contribution in [0.25, 0.3) is 11.4 Å². The number of carbonyl (C=O) groups is 2. The molecular weight excluding hydrogens is 420 g/mol. The molecule has 0 radical (unpaired) electrons. The lowest BCUT2D eigenvalue weighted by Crippen LogP contribution is -2.19. The van der Waals surface area contributed by atoms with Crippen molar-refractivity contribution >= 4 is 29.3 Å². The third-order valence-corrected chi connectivity index (χ3v) is 5.23. The standard InChI is InChI=1S/C20H22N6O4S/c1-22-19(28)12-5-4-6-13(9-12)23-17(27)11-31-20-25-24-18(26(20)21)15-8-7-14(29-2)10-16(15)30-3/h4-10H,11,21H2,1-3H3,(H,22,28)(H,23,27). The minimum absolute atomic E-state index is 0.0548. The van der Waals surface area contributed by atoms with Crippen LogP contribution in [0, 0.1) is 0 Å². The number of anilines is 1. The third-order valence-electron chi connectivity index (χ3n) is 4.28. The molecule has 0 spiro atoms. The number of nitrogen functional groups attached to an aromatic ring is 1. The zero-order valence-corrected chi connectivity index (χ0v) is 18.0. The zero-order chi connectivity index (χ0) is 22.4. The van der Waals surface area contributed by atoms with Crippen LogP contribution in [0.3, 0.4) is 0 Å². The molecule has 11 heteroatoms. The number of benzene rings is 2. The molecule has 31 heavy (non-hydrogen) atoms. The van der Waals surface area contributed by atoms with Gasteiger partial charge in [-0.1, -0.05) is 17.8 Å². The van der Waals surface area contributed by atoms with Crippen LogP contribution in [0.4, 0.5) is 5.69 Å². The number of thioether (sulfide) groups is 1. The highest BCUT2D eigenvalue weighted by atomic mass is 32.2. The molecule has 0 unspecified atom stereocenters. The van der Waals surface area contributed by atoms with Crippen molar-refractivity contribution in [2.24, 2.45) is 0 Å². The normalized spacial score (nSPS) is 10.4. The highest BCUT2D eigenvalue weighted by Gasteiger charge is 2.18. The first kappa shape index (κ1) is 22.0. The summed E-state index contributed by atoms with van der Waals surface area (Å²) in [6.45, 7) is 0. The van der Waals surface area contributed by atoms with Gasteiger partial charge in [0.2, 0.25) is 11.1 Å². The third kappa shape index (κ3) is 5.07.